The van der Waals surface area contributed by atoms with E-state index in [1.165, 1.54) is 35.1 Å². The molecule has 0 atom stereocenters. The molecule has 0 unspecified atom stereocenters. The van der Waals surface area contributed by atoms with Crippen molar-refractivity contribution in [1.82, 2.24) is 18.8 Å². The summed E-state index contributed by atoms with van der Waals surface area (Å²) in [5, 5.41) is 3.81. The predicted octanol–water partition coefficient (Wildman–Crippen LogP) is 3.17. The van der Waals surface area contributed by atoms with Crippen molar-refractivity contribution >= 4 is 38.4 Å². The molecule has 0 amide bonds. The Bertz CT molecular complexity index is 1410. The average Bonchev–Trinajstić information content (AvgIpc) is 3.29. The Balaban J connectivity index is 1.40. The second-order valence-electron chi connectivity index (χ2n) is 8.23. The maximum Gasteiger partial charge on any atom is 0.269 e. The Morgan fingerprint density at radius 1 is 1.00 bits per heavy atom. The molecule has 2 aromatic carbocycles. The number of methoxy groups -OCH3 is 1. The second-order valence-corrected chi connectivity index (χ2v) is 10.0. The van der Waals surface area contributed by atoms with Gasteiger partial charge in [0.25, 0.3) is 10.0 Å². The zero-order valence-electron chi connectivity index (χ0n) is 19.0. The first-order valence-electron chi connectivity index (χ1n) is 11.0. The van der Waals surface area contributed by atoms with Crippen LogP contribution in [0.15, 0.2) is 71.9 Å². The third-order valence-electron chi connectivity index (χ3n) is 5.98. The van der Waals surface area contributed by atoms with Gasteiger partial charge in [-0.15, -0.1) is 0 Å². The monoisotopic (exact) mass is 478 g/mol. The maximum absolute atomic E-state index is 13.3. The summed E-state index contributed by atoms with van der Waals surface area (Å²) in [5.74, 6) is 0.787. The van der Waals surface area contributed by atoms with Crippen molar-refractivity contribution in [2.75, 3.05) is 50.6 Å². The lowest BCUT2D eigenvalue weighted by molar-refractivity contribution is 0.313. The molecule has 1 N–H and O–H groups in total. The third kappa shape index (κ3) is 4.29. The summed E-state index contributed by atoms with van der Waals surface area (Å²) in [4.78, 5) is 13.7. The van der Waals surface area contributed by atoms with Gasteiger partial charge >= 0.3 is 0 Å². The smallest absolute Gasteiger partial charge is 0.269 e. The molecule has 0 aliphatic carbocycles. The van der Waals surface area contributed by atoms with E-state index in [1.807, 2.05) is 12.1 Å². The average molecular weight is 479 g/mol. The number of hydrogen-bond donors (Lipinski definition) is 1. The van der Waals surface area contributed by atoms with Gasteiger partial charge in [-0.2, -0.15) is 4.98 Å². The fourth-order valence-corrected chi connectivity index (χ4v) is 5.31. The van der Waals surface area contributed by atoms with Gasteiger partial charge in [0.1, 0.15) is 5.75 Å². The zero-order chi connectivity index (χ0) is 23.7. The van der Waals surface area contributed by atoms with E-state index in [9.17, 15) is 8.42 Å². The lowest BCUT2D eigenvalue weighted by Crippen LogP contribution is -2.44. The molecule has 1 aliphatic heterocycles. The molecule has 9 nitrogen and oxygen atoms in total. The van der Waals surface area contributed by atoms with Crippen molar-refractivity contribution in [2.45, 2.75) is 4.90 Å². The minimum absolute atomic E-state index is 0.122. The van der Waals surface area contributed by atoms with Gasteiger partial charge in [-0.05, 0) is 49.5 Å². The van der Waals surface area contributed by atoms with Crippen LogP contribution in [0.25, 0.3) is 11.0 Å². The SMILES string of the molecule is COc1cccc(S(=O)(=O)n2ccc3cnc(Nc4ccc(N5CCN(C)CC5)cc4)nc32)c1. The first-order chi connectivity index (χ1) is 16.4. The zero-order valence-corrected chi connectivity index (χ0v) is 19.9. The van der Waals surface area contributed by atoms with Crippen LogP contribution in [0.3, 0.4) is 0 Å². The summed E-state index contributed by atoms with van der Waals surface area (Å²) < 4.78 is 32.9. The Morgan fingerprint density at radius 2 is 1.76 bits per heavy atom. The molecule has 10 heteroatoms. The topological polar surface area (TPSA) is 92.6 Å². The Kier molecular flexibility index (Phi) is 5.84. The quantitative estimate of drug-likeness (QED) is 0.452. The largest absolute Gasteiger partial charge is 0.497 e. The van der Waals surface area contributed by atoms with Gasteiger partial charge in [0, 0.05) is 61.4 Å². The number of piperazine rings is 1. The molecule has 0 spiro atoms. The molecule has 1 aliphatic rings. The van der Waals surface area contributed by atoms with Gasteiger partial charge in [-0.25, -0.2) is 17.4 Å². The van der Waals surface area contributed by atoms with Crippen molar-refractivity contribution < 1.29 is 13.2 Å². The van der Waals surface area contributed by atoms with Crippen LogP contribution in [0.2, 0.25) is 0 Å². The summed E-state index contributed by atoms with van der Waals surface area (Å²) >= 11 is 0. The number of aromatic nitrogens is 3. The van der Waals surface area contributed by atoms with Crippen LogP contribution in [0.1, 0.15) is 0 Å². The van der Waals surface area contributed by atoms with Crippen LogP contribution < -0.4 is 15.0 Å². The summed E-state index contributed by atoms with van der Waals surface area (Å²) in [6.07, 6.45) is 3.10. The summed E-state index contributed by atoms with van der Waals surface area (Å²) in [6, 6.07) is 16.2. The molecule has 1 fully saturated rings. The molecular formula is C24H26N6O3S. The highest BCUT2D eigenvalue weighted by Gasteiger charge is 2.21. The van der Waals surface area contributed by atoms with E-state index < -0.39 is 10.0 Å². The minimum atomic E-state index is -3.86. The van der Waals surface area contributed by atoms with Crippen molar-refractivity contribution in [3.63, 3.8) is 0 Å². The molecular weight excluding hydrogens is 452 g/mol. The van der Waals surface area contributed by atoms with Crippen molar-refractivity contribution in [3.05, 3.63) is 67.0 Å². The van der Waals surface area contributed by atoms with Crippen LogP contribution >= 0.6 is 0 Å². The van der Waals surface area contributed by atoms with Gasteiger partial charge in [0.05, 0.1) is 12.0 Å². The molecule has 34 heavy (non-hydrogen) atoms. The van der Waals surface area contributed by atoms with Crippen molar-refractivity contribution in [2.24, 2.45) is 0 Å². The molecule has 0 saturated carbocycles. The molecule has 5 rings (SSSR count). The number of ether oxygens (including phenoxy) is 1. The summed E-state index contributed by atoms with van der Waals surface area (Å²) in [5.41, 5.74) is 2.30. The van der Waals surface area contributed by atoms with E-state index in [2.05, 4.69) is 44.3 Å². The first-order valence-corrected chi connectivity index (χ1v) is 12.4. The molecule has 0 bridgehead atoms. The van der Waals surface area contributed by atoms with E-state index in [0.717, 1.165) is 31.9 Å². The Morgan fingerprint density at radius 3 is 2.50 bits per heavy atom. The van der Waals surface area contributed by atoms with Gasteiger partial charge in [-0.3, -0.25) is 0 Å². The lowest BCUT2D eigenvalue weighted by Gasteiger charge is -2.34. The van der Waals surface area contributed by atoms with Gasteiger partial charge in [0.15, 0.2) is 5.65 Å². The fourth-order valence-electron chi connectivity index (χ4n) is 3.97. The van der Waals surface area contributed by atoms with Gasteiger partial charge in [-0.1, -0.05) is 6.07 Å². The third-order valence-corrected chi connectivity index (χ3v) is 7.65. The van der Waals surface area contributed by atoms with Crippen LogP contribution in [0.5, 0.6) is 5.75 Å². The normalized spacial score (nSPS) is 14.9. The van der Waals surface area contributed by atoms with E-state index in [0.29, 0.717) is 22.7 Å². The fraction of sp³-hybridized carbons (Fsp3) is 0.250. The van der Waals surface area contributed by atoms with Gasteiger partial charge in [0.2, 0.25) is 5.95 Å². The highest BCUT2D eigenvalue weighted by Crippen LogP contribution is 2.25. The second kappa shape index (κ2) is 8.96. The van der Waals surface area contributed by atoms with Crippen molar-refractivity contribution in [1.29, 1.82) is 0 Å². The number of fused-ring (bicyclic) bond motifs is 1. The van der Waals surface area contributed by atoms with Crippen LogP contribution in [0.4, 0.5) is 17.3 Å². The Hall–Kier alpha value is -3.63. The number of likely N-dealkylation sites (N-methyl/N-ethyl adjacent to an activating group) is 1. The van der Waals surface area contributed by atoms with E-state index in [-0.39, 0.29) is 4.90 Å². The highest BCUT2D eigenvalue weighted by molar-refractivity contribution is 7.90. The van der Waals surface area contributed by atoms with Gasteiger partial charge < -0.3 is 19.9 Å². The lowest BCUT2D eigenvalue weighted by atomic mass is 10.2. The van der Waals surface area contributed by atoms with Crippen LogP contribution in [0, 0.1) is 0 Å². The standard InChI is InChI=1S/C24H26N6O3S/c1-28-12-14-29(15-13-28)20-8-6-19(7-9-20)26-24-25-17-18-10-11-30(23(18)27-24)34(31,32)22-5-3-4-21(16-22)33-2/h3-11,16-17H,12-15H2,1-2H3,(H,25,26,27). The molecule has 176 valence electrons. The molecule has 0 radical (unpaired) electrons. The molecule has 1 saturated heterocycles. The van der Waals surface area contributed by atoms with E-state index in [4.69, 9.17) is 4.74 Å². The van der Waals surface area contributed by atoms with Crippen molar-refractivity contribution in [3.8, 4) is 5.75 Å². The number of anilines is 3. The number of hydrogen-bond acceptors (Lipinski definition) is 8. The van der Waals surface area contributed by atoms with E-state index in [1.54, 1.807) is 24.4 Å². The number of benzene rings is 2. The molecule has 2 aromatic heterocycles. The van der Waals surface area contributed by atoms with E-state index >= 15 is 0 Å². The highest BCUT2D eigenvalue weighted by atomic mass is 32.2. The molecule has 3 heterocycles. The number of rotatable bonds is 6. The number of nitrogens with zero attached hydrogens (tertiary/aromatic N) is 5. The maximum atomic E-state index is 13.3. The van der Waals surface area contributed by atoms with Crippen LogP contribution in [-0.2, 0) is 10.0 Å². The summed E-state index contributed by atoms with van der Waals surface area (Å²) in [7, 11) is -0.219. The first kappa shape index (κ1) is 22.2. The van der Waals surface area contributed by atoms with Crippen LogP contribution in [-0.4, -0.2) is 67.6 Å². The predicted molar refractivity (Wildman–Crippen MR) is 133 cm³/mol. The minimum Gasteiger partial charge on any atom is -0.497 e. The molecule has 4 aromatic rings. The Labute approximate surface area is 198 Å². The summed E-state index contributed by atoms with van der Waals surface area (Å²) in [6.45, 7) is 4.10. The number of nitrogens with one attached hydrogen (secondary N) is 1.